The summed E-state index contributed by atoms with van der Waals surface area (Å²) >= 11 is 0. The van der Waals surface area contributed by atoms with E-state index in [2.05, 4.69) is 34.0 Å². The van der Waals surface area contributed by atoms with Crippen molar-refractivity contribution in [3.8, 4) is 16.9 Å². The quantitative estimate of drug-likeness (QED) is 0.708. The van der Waals surface area contributed by atoms with Gasteiger partial charge in [-0.05, 0) is 37.5 Å². The van der Waals surface area contributed by atoms with E-state index in [1.165, 1.54) is 5.56 Å². The molecule has 3 aromatic rings. The third kappa shape index (κ3) is 3.20. The number of anilines is 1. The Kier molecular flexibility index (Phi) is 4.67. The van der Waals surface area contributed by atoms with Crippen LogP contribution in [-0.4, -0.2) is 46.1 Å². The van der Waals surface area contributed by atoms with Crippen molar-refractivity contribution in [2.75, 3.05) is 25.2 Å². The molecule has 1 atom stereocenters. The molecule has 0 amide bonds. The monoisotopic (exact) mass is 349 g/mol. The number of rotatable bonds is 5. The number of aryl methyl sites for hydroxylation is 1. The van der Waals surface area contributed by atoms with Gasteiger partial charge in [-0.3, -0.25) is 0 Å². The number of aromatic nitrogens is 4. The van der Waals surface area contributed by atoms with Crippen LogP contribution in [0.4, 0.5) is 5.95 Å². The van der Waals surface area contributed by atoms with Gasteiger partial charge in [0.15, 0.2) is 0 Å². The fourth-order valence-electron chi connectivity index (χ4n) is 3.52. The van der Waals surface area contributed by atoms with E-state index in [0.717, 1.165) is 42.3 Å². The Morgan fingerprint density at radius 1 is 1.23 bits per heavy atom. The number of nitrogens with zero attached hydrogens (tertiary/aromatic N) is 5. The van der Waals surface area contributed by atoms with E-state index in [4.69, 9.17) is 9.72 Å². The van der Waals surface area contributed by atoms with Gasteiger partial charge in [-0.2, -0.15) is 5.10 Å². The highest BCUT2D eigenvalue weighted by Gasteiger charge is 2.26. The van der Waals surface area contributed by atoms with Gasteiger partial charge in [0.05, 0.1) is 30.2 Å². The van der Waals surface area contributed by atoms with Crippen LogP contribution in [0.15, 0.2) is 48.9 Å². The zero-order chi connectivity index (χ0) is 17.9. The number of ether oxygens (including phenoxy) is 1. The second kappa shape index (κ2) is 7.25. The van der Waals surface area contributed by atoms with Crippen LogP contribution >= 0.6 is 0 Å². The molecule has 0 N–H and O–H groups in total. The van der Waals surface area contributed by atoms with Crippen LogP contribution in [0.25, 0.3) is 16.9 Å². The van der Waals surface area contributed by atoms with Crippen molar-refractivity contribution < 1.29 is 4.74 Å². The molecule has 26 heavy (non-hydrogen) atoms. The molecule has 2 aromatic heterocycles. The first-order valence-electron chi connectivity index (χ1n) is 8.96. The van der Waals surface area contributed by atoms with E-state index in [-0.39, 0.29) is 0 Å². The van der Waals surface area contributed by atoms with Gasteiger partial charge in [-0.15, -0.1) is 0 Å². The van der Waals surface area contributed by atoms with Gasteiger partial charge in [0.25, 0.3) is 0 Å². The summed E-state index contributed by atoms with van der Waals surface area (Å²) in [6, 6.07) is 10.5. The Hall–Kier alpha value is -2.73. The molecule has 0 saturated carbocycles. The first kappa shape index (κ1) is 16.7. The van der Waals surface area contributed by atoms with Crippen molar-refractivity contribution >= 4 is 5.95 Å². The van der Waals surface area contributed by atoms with E-state index in [9.17, 15) is 0 Å². The second-order valence-electron chi connectivity index (χ2n) is 6.65. The highest BCUT2D eigenvalue weighted by atomic mass is 16.5. The number of para-hydroxylation sites is 1. The van der Waals surface area contributed by atoms with Crippen LogP contribution in [0, 0.1) is 6.92 Å². The number of methoxy groups -OCH3 is 1. The highest BCUT2D eigenvalue weighted by molar-refractivity contribution is 5.59. The molecule has 0 unspecified atom stereocenters. The van der Waals surface area contributed by atoms with E-state index in [1.807, 2.05) is 41.5 Å². The van der Waals surface area contributed by atoms with Gasteiger partial charge in [0.2, 0.25) is 5.95 Å². The molecular formula is C20H23N5O. The Bertz CT molecular complexity index is 891. The fourth-order valence-corrected chi connectivity index (χ4v) is 3.52. The van der Waals surface area contributed by atoms with Crippen molar-refractivity contribution in [2.45, 2.75) is 25.8 Å². The lowest BCUT2D eigenvalue weighted by Gasteiger charge is -2.24. The first-order chi connectivity index (χ1) is 12.8. The molecule has 1 aliphatic heterocycles. The molecule has 4 rings (SSSR count). The minimum Gasteiger partial charge on any atom is -0.383 e. The zero-order valence-corrected chi connectivity index (χ0v) is 15.2. The largest absolute Gasteiger partial charge is 0.383 e. The number of hydrogen-bond donors (Lipinski definition) is 0. The fraction of sp³-hybridized carbons (Fsp3) is 0.350. The Labute approximate surface area is 153 Å². The van der Waals surface area contributed by atoms with Crippen molar-refractivity contribution in [3.05, 3.63) is 54.5 Å². The Balaban J connectivity index is 1.62. The molecule has 1 aliphatic rings. The van der Waals surface area contributed by atoms with E-state index in [1.54, 1.807) is 7.11 Å². The van der Waals surface area contributed by atoms with Gasteiger partial charge < -0.3 is 9.64 Å². The predicted octanol–water partition coefficient (Wildman–Crippen LogP) is 3.25. The molecule has 3 heterocycles. The summed E-state index contributed by atoms with van der Waals surface area (Å²) in [5.74, 6) is 0.769. The minimum absolute atomic E-state index is 0.352. The summed E-state index contributed by atoms with van der Waals surface area (Å²) in [6.45, 7) is 3.77. The lowest BCUT2D eigenvalue weighted by molar-refractivity contribution is 0.180. The topological polar surface area (TPSA) is 56.1 Å². The average Bonchev–Trinajstić information content (AvgIpc) is 3.32. The number of hydrogen-bond acceptors (Lipinski definition) is 5. The second-order valence-corrected chi connectivity index (χ2v) is 6.65. The van der Waals surface area contributed by atoms with Crippen LogP contribution < -0.4 is 4.90 Å². The van der Waals surface area contributed by atoms with E-state index in [0.29, 0.717) is 12.6 Å². The highest BCUT2D eigenvalue weighted by Crippen LogP contribution is 2.25. The van der Waals surface area contributed by atoms with Crippen molar-refractivity contribution in [1.29, 1.82) is 0 Å². The maximum absolute atomic E-state index is 5.35. The summed E-state index contributed by atoms with van der Waals surface area (Å²) in [4.78, 5) is 11.5. The molecule has 0 aliphatic carbocycles. The third-order valence-corrected chi connectivity index (χ3v) is 4.88. The SMILES string of the molecule is COC[C@H]1CCCN1c1nccc(-c2cnn(-c3ccccc3C)c2)n1. The van der Waals surface area contributed by atoms with Crippen molar-refractivity contribution in [3.63, 3.8) is 0 Å². The third-order valence-electron chi connectivity index (χ3n) is 4.88. The molecule has 6 nitrogen and oxygen atoms in total. The first-order valence-corrected chi connectivity index (χ1v) is 8.96. The molecule has 1 aromatic carbocycles. The molecule has 0 bridgehead atoms. The van der Waals surface area contributed by atoms with Crippen molar-refractivity contribution in [2.24, 2.45) is 0 Å². The number of benzene rings is 1. The summed E-state index contributed by atoms with van der Waals surface area (Å²) in [7, 11) is 1.74. The molecule has 134 valence electrons. The molecule has 1 saturated heterocycles. The molecular weight excluding hydrogens is 326 g/mol. The average molecular weight is 349 g/mol. The maximum atomic E-state index is 5.35. The van der Waals surface area contributed by atoms with Crippen LogP contribution in [0.2, 0.25) is 0 Å². The molecule has 0 radical (unpaired) electrons. The smallest absolute Gasteiger partial charge is 0.226 e. The summed E-state index contributed by atoms with van der Waals surface area (Å²) < 4.78 is 7.24. The standard InChI is InChI=1S/C20H23N5O/c1-15-6-3-4-8-19(15)25-13-16(12-22-25)18-9-10-21-20(23-18)24-11-5-7-17(24)14-26-2/h3-4,6,8-10,12-13,17H,5,7,11,14H2,1-2H3/t17-/m1/s1. The van der Waals surface area contributed by atoms with E-state index < -0.39 is 0 Å². The van der Waals surface area contributed by atoms with Crippen LogP contribution in [0.3, 0.4) is 0 Å². The van der Waals surface area contributed by atoms with E-state index >= 15 is 0 Å². The lowest BCUT2D eigenvalue weighted by atomic mass is 10.2. The van der Waals surface area contributed by atoms with Crippen LogP contribution in [0.5, 0.6) is 0 Å². The molecule has 6 heteroatoms. The van der Waals surface area contributed by atoms with Gasteiger partial charge in [0, 0.05) is 31.6 Å². The summed E-state index contributed by atoms with van der Waals surface area (Å²) in [5, 5.41) is 4.52. The van der Waals surface area contributed by atoms with Crippen molar-refractivity contribution in [1.82, 2.24) is 19.7 Å². The molecule has 0 spiro atoms. The summed E-state index contributed by atoms with van der Waals surface area (Å²) in [6.07, 6.45) is 7.96. The Morgan fingerprint density at radius 3 is 2.96 bits per heavy atom. The normalized spacial score (nSPS) is 17.0. The minimum atomic E-state index is 0.352. The summed E-state index contributed by atoms with van der Waals surface area (Å²) in [5.41, 5.74) is 4.13. The van der Waals surface area contributed by atoms with Gasteiger partial charge in [0.1, 0.15) is 0 Å². The van der Waals surface area contributed by atoms with Gasteiger partial charge in [-0.25, -0.2) is 14.6 Å². The predicted molar refractivity (Wildman–Crippen MR) is 102 cm³/mol. The zero-order valence-electron chi connectivity index (χ0n) is 15.2. The lowest BCUT2D eigenvalue weighted by Crippen LogP contribution is -2.34. The Morgan fingerprint density at radius 2 is 2.12 bits per heavy atom. The van der Waals surface area contributed by atoms with Gasteiger partial charge in [-0.1, -0.05) is 18.2 Å². The van der Waals surface area contributed by atoms with Gasteiger partial charge >= 0.3 is 0 Å². The maximum Gasteiger partial charge on any atom is 0.226 e. The van der Waals surface area contributed by atoms with Crippen LogP contribution in [-0.2, 0) is 4.74 Å². The molecule has 1 fully saturated rings. The van der Waals surface area contributed by atoms with Crippen LogP contribution in [0.1, 0.15) is 18.4 Å².